The van der Waals surface area contributed by atoms with Gasteiger partial charge in [0.1, 0.15) is 0 Å². The molecule has 0 heterocycles. The second-order valence-electron chi connectivity index (χ2n) is 3.89. The first-order valence-electron chi connectivity index (χ1n) is 5.75. The van der Waals surface area contributed by atoms with E-state index in [0.717, 1.165) is 24.8 Å². The molecule has 16 heavy (non-hydrogen) atoms. The highest BCUT2D eigenvalue weighted by molar-refractivity contribution is 5.83. The first-order valence-corrected chi connectivity index (χ1v) is 5.75. The summed E-state index contributed by atoms with van der Waals surface area (Å²) in [4.78, 5) is 11.7. The summed E-state index contributed by atoms with van der Waals surface area (Å²) in [5, 5.41) is 9.21. The molecule has 0 saturated heterocycles. The highest BCUT2D eigenvalue weighted by atomic mass is 16.5. The van der Waals surface area contributed by atoms with Crippen molar-refractivity contribution in [3.8, 4) is 6.07 Å². The minimum absolute atomic E-state index is 0.449. The number of rotatable bonds is 6. The Hall–Kier alpha value is -1.30. The van der Waals surface area contributed by atoms with Gasteiger partial charge in [0.25, 0.3) is 0 Å². The van der Waals surface area contributed by atoms with Crippen molar-refractivity contribution in [2.45, 2.75) is 46.5 Å². The van der Waals surface area contributed by atoms with Crippen molar-refractivity contribution in [3.05, 3.63) is 11.6 Å². The Morgan fingerprint density at radius 2 is 2.12 bits per heavy atom. The number of nitriles is 1. The van der Waals surface area contributed by atoms with E-state index in [1.165, 1.54) is 7.11 Å². The molecule has 0 aliphatic heterocycles. The Labute approximate surface area is 98.1 Å². The fourth-order valence-electron chi connectivity index (χ4n) is 1.67. The molecule has 0 aliphatic carbocycles. The van der Waals surface area contributed by atoms with Crippen molar-refractivity contribution in [2.24, 2.45) is 5.41 Å². The molecular weight excluding hydrogens is 202 g/mol. The van der Waals surface area contributed by atoms with Crippen LogP contribution in [-0.2, 0) is 9.53 Å². The van der Waals surface area contributed by atoms with Crippen molar-refractivity contribution in [1.29, 1.82) is 5.26 Å². The van der Waals surface area contributed by atoms with Gasteiger partial charge < -0.3 is 4.74 Å². The summed E-state index contributed by atoms with van der Waals surface area (Å²) in [7, 11) is 1.32. The average Bonchev–Trinajstić information content (AvgIpc) is 2.31. The largest absolute Gasteiger partial charge is 0.468 e. The molecule has 0 spiro atoms. The maximum absolute atomic E-state index is 11.7. The molecule has 0 fully saturated rings. The molecule has 0 aromatic heterocycles. The number of esters is 1. The molecule has 0 radical (unpaired) electrons. The molecule has 0 rings (SSSR count). The number of ether oxygens (including phenoxy) is 1. The Kier molecular flexibility index (Phi) is 6.48. The van der Waals surface area contributed by atoms with Crippen LogP contribution < -0.4 is 0 Å². The molecule has 1 atom stereocenters. The van der Waals surface area contributed by atoms with Crippen LogP contribution in [0.3, 0.4) is 0 Å². The molecule has 0 amide bonds. The molecule has 3 heteroatoms. The molecule has 3 nitrogen and oxygen atoms in total. The topological polar surface area (TPSA) is 50.1 Å². The number of allylic oxidation sites excluding steroid dienone is 1. The lowest BCUT2D eigenvalue weighted by molar-refractivity contribution is -0.147. The Balaban J connectivity index is 4.98. The van der Waals surface area contributed by atoms with Crippen LogP contribution in [0.15, 0.2) is 11.6 Å². The van der Waals surface area contributed by atoms with Crippen molar-refractivity contribution >= 4 is 5.97 Å². The van der Waals surface area contributed by atoms with Crippen LogP contribution in [0, 0.1) is 16.7 Å². The summed E-state index contributed by atoms with van der Waals surface area (Å²) < 4.78 is 4.72. The Morgan fingerprint density at radius 3 is 2.50 bits per heavy atom. The predicted octanol–water partition coefficient (Wildman–Crippen LogP) is 3.22. The number of carbonyl (C=O) groups is 1. The van der Waals surface area contributed by atoms with Gasteiger partial charge in [-0.1, -0.05) is 32.8 Å². The standard InChI is InChI=1S/C13H21NO2/c1-5-7-8-9-11(3)13(6-2,10-14)12(15)16-4/h9H,5-8H2,1-4H3/b11-9+/t13-/m0/s1. The Morgan fingerprint density at radius 1 is 1.50 bits per heavy atom. The predicted molar refractivity (Wildman–Crippen MR) is 63.6 cm³/mol. The molecule has 0 aromatic rings. The molecular formula is C13H21NO2. The second kappa shape index (κ2) is 7.05. The summed E-state index contributed by atoms with van der Waals surface area (Å²) in [6, 6.07) is 2.10. The van der Waals surface area contributed by atoms with E-state index in [2.05, 4.69) is 13.0 Å². The second-order valence-corrected chi connectivity index (χ2v) is 3.89. The minimum atomic E-state index is -1.09. The average molecular weight is 223 g/mol. The van der Waals surface area contributed by atoms with Gasteiger partial charge in [-0.15, -0.1) is 0 Å². The van der Waals surface area contributed by atoms with Gasteiger partial charge in [-0.05, 0) is 25.3 Å². The zero-order valence-corrected chi connectivity index (χ0v) is 10.7. The molecule has 0 aromatic carbocycles. The number of hydrogen-bond acceptors (Lipinski definition) is 3. The van der Waals surface area contributed by atoms with E-state index in [-0.39, 0.29) is 0 Å². The lowest BCUT2D eigenvalue weighted by atomic mass is 9.79. The molecule has 0 aliphatic rings. The molecule has 0 N–H and O–H groups in total. The van der Waals surface area contributed by atoms with E-state index in [0.29, 0.717) is 6.42 Å². The van der Waals surface area contributed by atoms with Crippen molar-refractivity contribution in [2.75, 3.05) is 7.11 Å². The molecule has 0 saturated carbocycles. The number of hydrogen-bond donors (Lipinski definition) is 0. The maximum atomic E-state index is 11.7. The van der Waals surface area contributed by atoms with E-state index in [1.807, 2.05) is 19.9 Å². The van der Waals surface area contributed by atoms with Gasteiger partial charge in [-0.3, -0.25) is 0 Å². The maximum Gasteiger partial charge on any atom is 0.330 e. The van der Waals surface area contributed by atoms with Gasteiger partial charge in [-0.2, -0.15) is 5.26 Å². The normalized spacial score (nSPS) is 15.1. The van der Waals surface area contributed by atoms with Crippen molar-refractivity contribution in [1.82, 2.24) is 0 Å². The quantitative estimate of drug-likeness (QED) is 0.394. The number of unbranched alkanes of at least 4 members (excludes halogenated alkanes) is 2. The van der Waals surface area contributed by atoms with E-state index in [4.69, 9.17) is 4.74 Å². The number of methoxy groups -OCH3 is 1. The summed E-state index contributed by atoms with van der Waals surface area (Å²) in [5.41, 5.74) is -0.291. The fraction of sp³-hybridized carbons (Fsp3) is 0.692. The van der Waals surface area contributed by atoms with Gasteiger partial charge in [0, 0.05) is 0 Å². The van der Waals surface area contributed by atoms with Crippen molar-refractivity contribution in [3.63, 3.8) is 0 Å². The monoisotopic (exact) mass is 223 g/mol. The van der Waals surface area contributed by atoms with Crippen LogP contribution in [0.25, 0.3) is 0 Å². The third-order valence-corrected chi connectivity index (χ3v) is 2.94. The van der Waals surface area contributed by atoms with Crippen LogP contribution in [0.4, 0.5) is 0 Å². The molecule has 90 valence electrons. The van der Waals surface area contributed by atoms with Gasteiger partial charge in [0.2, 0.25) is 0 Å². The van der Waals surface area contributed by atoms with E-state index in [1.54, 1.807) is 0 Å². The fourth-order valence-corrected chi connectivity index (χ4v) is 1.67. The molecule has 0 unspecified atom stereocenters. The zero-order valence-electron chi connectivity index (χ0n) is 10.7. The third kappa shape index (κ3) is 3.10. The van der Waals surface area contributed by atoms with Gasteiger partial charge in [0.15, 0.2) is 5.41 Å². The summed E-state index contributed by atoms with van der Waals surface area (Å²) in [5.74, 6) is -0.456. The lowest BCUT2D eigenvalue weighted by Gasteiger charge is -2.23. The lowest BCUT2D eigenvalue weighted by Crippen LogP contribution is -2.31. The van der Waals surface area contributed by atoms with Gasteiger partial charge >= 0.3 is 5.97 Å². The smallest absolute Gasteiger partial charge is 0.330 e. The van der Waals surface area contributed by atoms with Crippen LogP contribution in [0.1, 0.15) is 46.5 Å². The third-order valence-electron chi connectivity index (χ3n) is 2.94. The minimum Gasteiger partial charge on any atom is -0.468 e. The van der Waals surface area contributed by atoms with E-state index < -0.39 is 11.4 Å². The van der Waals surface area contributed by atoms with Gasteiger partial charge in [-0.25, -0.2) is 4.79 Å². The highest BCUT2D eigenvalue weighted by Crippen LogP contribution is 2.32. The summed E-state index contributed by atoms with van der Waals surface area (Å²) in [6.45, 7) is 5.78. The number of carbonyl (C=O) groups excluding carboxylic acids is 1. The van der Waals surface area contributed by atoms with Crippen LogP contribution in [0.5, 0.6) is 0 Å². The Bertz CT molecular complexity index is 302. The molecule has 0 bridgehead atoms. The van der Waals surface area contributed by atoms with E-state index in [9.17, 15) is 10.1 Å². The SMILES string of the molecule is CCCC/C=C(\C)[C@@](C#N)(CC)C(=O)OC. The summed E-state index contributed by atoms with van der Waals surface area (Å²) in [6.07, 6.45) is 5.51. The summed E-state index contributed by atoms with van der Waals surface area (Å²) >= 11 is 0. The van der Waals surface area contributed by atoms with Gasteiger partial charge in [0.05, 0.1) is 13.2 Å². The number of nitrogens with zero attached hydrogens (tertiary/aromatic N) is 1. The van der Waals surface area contributed by atoms with Crippen LogP contribution in [0.2, 0.25) is 0 Å². The highest BCUT2D eigenvalue weighted by Gasteiger charge is 2.39. The van der Waals surface area contributed by atoms with Crippen LogP contribution in [-0.4, -0.2) is 13.1 Å². The van der Waals surface area contributed by atoms with E-state index >= 15 is 0 Å². The first kappa shape index (κ1) is 14.7. The zero-order chi connectivity index (χ0) is 12.6. The van der Waals surface area contributed by atoms with Crippen molar-refractivity contribution < 1.29 is 9.53 Å². The van der Waals surface area contributed by atoms with Crippen LogP contribution >= 0.6 is 0 Å². The first-order chi connectivity index (χ1) is 7.58.